The van der Waals surface area contributed by atoms with Gasteiger partial charge in [-0.1, -0.05) is 0 Å². The lowest BCUT2D eigenvalue weighted by Crippen LogP contribution is -2.37. The summed E-state index contributed by atoms with van der Waals surface area (Å²) in [5.41, 5.74) is 0.522. The lowest BCUT2D eigenvalue weighted by Gasteiger charge is -2.22. The second kappa shape index (κ2) is 10.9. The fourth-order valence-electron chi connectivity index (χ4n) is 3.18. The average molecular weight is 505 g/mol. The molecule has 9 nitrogen and oxygen atoms in total. The van der Waals surface area contributed by atoms with E-state index in [1.807, 2.05) is 0 Å². The number of aryl methyl sites for hydroxylation is 1. The summed E-state index contributed by atoms with van der Waals surface area (Å²) in [5, 5.41) is 6.47. The third kappa shape index (κ3) is 6.78. The molecule has 3 aromatic rings. The summed E-state index contributed by atoms with van der Waals surface area (Å²) in [4.78, 5) is 33.9. The van der Waals surface area contributed by atoms with Crippen LogP contribution in [0.1, 0.15) is 49.9 Å². The Labute approximate surface area is 207 Å². The van der Waals surface area contributed by atoms with Gasteiger partial charge in [0.25, 0.3) is 0 Å². The van der Waals surface area contributed by atoms with Gasteiger partial charge in [-0.05, 0) is 59.2 Å². The molecule has 0 spiro atoms. The van der Waals surface area contributed by atoms with Gasteiger partial charge in [0.2, 0.25) is 0 Å². The van der Waals surface area contributed by atoms with Crippen LogP contribution < -0.4 is 15.4 Å². The Morgan fingerprint density at radius 1 is 1.23 bits per heavy atom. The molecule has 0 aliphatic rings. The number of esters is 1. The van der Waals surface area contributed by atoms with Gasteiger partial charge in [0.05, 0.1) is 24.2 Å². The van der Waals surface area contributed by atoms with Crippen LogP contribution in [0.2, 0.25) is 0 Å². The van der Waals surface area contributed by atoms with Gasteiger partial charge in [-0.15, -0.1) is 11.3 Å². The van der Waals surface area contributed by atoms with E-state index in [4.69, 9.17) is 14.2 Å². The van der Waals surface area contributed by atoms with Crippen LogP contribution in [0.3, 0.4) is 0 Å². The topological polar surface area (TPSA) is 112 Å². The Hall–Kier alpha value is -3.47. The molecule has 1 atom stereocenters. The molecular formula is C24H29FN4O5S. The number of ether oxygens (including phenoxy) is 3. The summed E-state index contributed by atoms with van der Waals surface area (Å²) in [5.74, 6) is -0.234. The first-order valence-electron chi connectivity index (χ1n) is 11.1. The quantitative estimate of drug-likeness (QED) is 0.395. The number of fused-ring (bicyclic) bond motifs is 1. The van der Waals surface area contributed by atoms with E-state index in [0.29, 0.717) is 32.2 Å². The van der Waals surface area contributed by atoms with Crippen LogP contribution in [-0.2, 0) is 9.47 Å². The fourth-order valence-corrected chi connectivity index (χ4v) is 4.22. The number of hydrogen-bond donors (Lipinski definition) is 2. The largest absolute Gasteiger partial charge is 0.487 e. The van der Waals surface area contributed by atoms with E-state index in [2.05, 4.69) is 20.6 Å². The molecule has 11 heteroatoms. The van der Waals surface area contributed by atoms with Gasteiger partial charge in [0, 0.05) is 6.07 Å². The maximum absolute atomic E-state index is 14.0. The van der Waals surface area contributed by atoms with Crippen molar-refractivity contribution < 1.29 is 28.2 Å². The smallest absolute Gasteiger partial charge is 0.407 e. The van der Waals surface area contributed by atoms with E-state index in [1.54, 1.807) is 41.5 Å². The van der Waals surface area contributed by atoms with E-state index in [0.717, 1.165) is 0 Å². The number of halogens is 1. The lowest BCUT2D eigenvalue weighted by molar-refractivity contribution is 0.0502. The van der Waals surface area contributed by atoms with Crippen LogP contribution in [-0.4, -0.2) is 46.9 Å². The van der Waals surface area contributed by atoms with Gasteiger partial charge < -0.3 is 24.8 Å². The Morgan fingerprint density at radius 2 is 1.97 bits per heavy atom. The highest BCUT2D eigenvalue weighted by molar-refractivity contribution is 7.20. The van der Waals surface area contributed by atoms with Gasteiger partial charge in [0.1, 0.15) is 45.1 Å². The average Bonchev–Trinajstić information content (AvgIpc) is 3.11. The molecule has 0 aliphatic heterocycles. The van der Waals surface area contributed by atoms with E-state index in [1.165, 1.54) is 35.9 Å². The van der Waals surface area contributed by atoms with E-state index in [-0.39, 0.29) is 18.9 Å². The summed E-state index contributed by atoms with van der Waals surface area (Å²) >= 11 is 1.22. The van der Waals surface area contributed by atoms with Crippen molar-refractivity contribution in [3.05, 3.63) is 40.8 Å². The zero-order valence-electron chi connectivity index (χ0n) is 20.5. The molecule has 0 aliphatic carbocycles. The molecule has 2 N–H and O–H groups in total. The molecule has 0 saturated heterocycles. The predicted octanol–water partition coefficient (Wildman–Crippen LogP) is 5.35. The van der Waals surface area contributed by atoms with Crippen molar-refractivity contribution in [3.8, 4) is 5.75 Å². The Balaban J connectivity index is 1.82. The van der Waals surface area contributed by atoms with Crippen LogP contribution in [0, 0.1) is 12.7 Å². The molecule has 1 amide bonds. The molecule has 2 aromatic heterocycles. The second-order valence-corrected chi connectivity index (χ2v) is 9.75. The molecule has 35 heavy (non-hydrogen) atoms. The molecule has 0 radical (unpaired) electrons. The number of amides is 1. The van der Waals surface area contributed by atoms with Crippen molar-refractivity contribution in [3.63, 3.8) is 0 Å². The van der Waals surface area contributed by atoms with Gasteiger partial charge in [0.15, 0.2) is 0 Å². The monoisotopic (exact) mass is 504 g/mol. The number of aromatic nitrogens is 2. The van der Waals surface area contributed by atoms with E-state index in [9.17, 15) is 14.0 Å². The van der Waals surface area contributed by atoms with Crippen LogP contribution in [0.5, 0.6) is 5.75 Å². The fraction of sp³-hybridized carbons (Fsp3) is 0.417. The number of anilines is 2. The van der Waals surface area contributed by atoms with Crippen molar-refractivity contribution in [2.75, 3.05) is 18.5 Å². The zero-order chi connectivity index (χ0) is 25.8. The highest BCUT2D eigenvalue weighted by atomic mass is 32.1. The van der Waals surface area contributed by atoms with Crippen molar-refractivity contribution in [2.24, 2.45) is 0 Å². The standard InChI is InChI=1S/C24H29FN4O5S/c1-7-32-22(30)19-14(3)18-20(27-12-28-21(18)35-19)29-16-9-8-15(25)10-17(16)33-13(2)11-26-23(31)34-24(4,5)6/h8-10,12-13H,7,11H2,1-6H3,(H,26,31)(H,27,28,29). The van der Waals surface area contributed by atoms with Crippen molar-refractivity contribution in [2.45, 2.75) is 53.2 Å². The summed E-state index contributed by atoms with van der Waals surface area (Å²) in [6.45, 7) is 11.0. The molecule has 0 fully saturated rings. The Bertz CT molecular complexity index is 1220. The highest BCUT2D eigenvalue weighted by Crippen LogP contribution is 2.37. The van der Waals surface area contributed by atoms with Gasteiger partial charge in [-0.25, -0.2) is 23.9 Å². The minimum Gasteiger partial charge on any atom is -0.487 e. The predicted molar refractivity (Wildman–Crippen MR) is 132 cm³/mol. The molecule has 0 saturated carbocycles. The number of benzene rings is 1. The molecule has 0 bridgehead atoms. The van der Waals surface area contributed by atoms with E-state index >= 15 is 0 Å². The summed E-state index contributed by atoms with van der Waals surface area (Å²) < 4.78 is 30.3. The lowest BCUT2D eigenvalue weighted by atomic mass is 10.2. The first-order valence-corrected chi connectivity index (χ1v) is 11.9. The third-order valence-electron chi connectivity index (χ3n) is 4.65. The van der Waals surface area contributed by atoms with E-state index < -0.39 is 29.6 Å². The number of alkyl carbamates (subject to hydrolysis) is 1. The minimum absolute atomic E-state index is 0.148. The molecule has 1 aromatic carbocycles. The minimum atomic E-state index is -0.621. The van der Waals surface area contributed by atoms with Crippen LogP contribution in [0.4, 0.5) is 20.7 Å². The van der Waals surface area contributed by atoms with Crippen molar-refractivity contribution in [1.29, 1.82) is 0 Å². The SMILES string of the molecule is CCOC(=O)c1sc2ncnc(Nc3ccc(F)cc3OC(C)CNC(=O)OC(C)(C)C)c2c1C. The van der Waals surface area contributed by atoms with Crippen molar-refractivity contribution in [1.82, 2.24) is 15.3 Å². The van der Waals surface area contributed by atoms with Crippen molar-refractivity contribution >= 4 is 45.1 Å². The number of hydrogen-bond acceptors (Lipinski definition) is 9. The summed E-state index contributed by atoms with van der Waals surface area (Å²) in [6.07, 6.45) is 0.320. The Kier molecular flexibility index (Phi) is 8.11. The molecule has 188 valence electrons. The number of carbonyl (C=O) groups excluding carboxylic acids is 2. The number of carbonyl (C=O) groups is 2. The first-order chi connectivity index (χ1) is 16.5. The number of rotatable bonds is 8. The zero-order valence-corrected chi connectivity index (χ0v) is 21.3. The van der Waals surface area contributed by atoms with Gasteiger partial charge >= 0.3 is 12.1 Å². The normalized spacial score (nSPS) is 12.2. The third-order valence-corrected chi connectivity index (χ3v) is 5.83. The molecular weight excluding hydrogens is 475 g/mol. The highest BCUT2D eigenvalue weighted by Gasteiger charge is 2.21. The Morgan fingerprint density at radius 3 is 2.66 bits per heavy atom. The molecule has 3 rings (SSSR count). The second-order valence-electron chi connectivity index (χ2n) is 8.76. The van der Waals surface area contributed by atoms with Crippen LogP contribution >= 0.6 is 11.3 Å². The number of nitrogens with zero attached hydrogens (tertiary/aromatic N) is 2. The maximum atomic E-state index is 14.0. The number of nitrogens with one attached hydrogen (secondary N) is 2. The summed E-state index contributed by atoms with van der Waals surface area (Å²) in [6, 6.07) is 4.07. The first kappa shape index (κ1) is 26.1. The van der Waals surface area contributed by atoms with Gasteiger partial charge in [-0.2, -0.15) is 0 Å². The molecule has 2 heterocycles. The molecule has 1 unspecified atom stereocenters. The van der Waals surface area contributed by atoms with Crippen LogP contribution in [0.15, 0.2) is 24.5 Å². The van der Waals surface area contributed by atoms with Crippen LogP contribution in [0.25, 0.3) is 10.2 Å². The van der Waals surface area contributed by atoms with Gasteiger partial charge in [-0.3, -0.25) is 0 Å². The summed E-state index contributed by atoms with van der Waals surface area (Å²) in [7, 11) is 0. The maximum Gasteiger partial charge on any atom is 0.407 e. The number of thiophene rings is 1.